The van der Waals surface area contributed by atoms with Gasteiger partial charge < -0.3 is 0 Å². The molecule has 0 aromatic carbocycles. The predicted octanol–water partition coefficient (Wildman–Crippen LogP) is 4.12. The lowest BCUT2D eigenvalue weighted by molar-refractivity contribution is 3.24. The molecule has 0 amide bonds. The molecule has 0 aromatic rings. The van der Waals surface area contributed by atoms with E-state index in [0.29, 0.717) is 0 Å². The van der Waals surface area contributed by atoms with Gasteiger partial charge in [-0.15, -0.1) is 112 Å². The van der Waals surface area contributed by atoms with E-state index in [1.54, 1.807) is 0 Å². The van der Waals surface area contributed by atoms with E-state index in [0.717, 1.165) is 0 Å². The first-order chi connectivity index (χ1) is 0. The van der Waals surface area contributed by atoms with E-state index in [2.05, 4.69) is 0 Å². The normalized spacial score (nSPS) is 0. The van der Waals surface area contributed by atoms with Crippen LogP contribution in [-0.4, -0.2) is 0 Å². The van der Waals surface area contributed by atoms with Gasteiger partial charge in [0, 0.05) is 0 Å². The molecule has 0 spiro atoms. The van der Waals surface area contributed by atoms with Crippen molar-refractivity contribution in [2.24, 2.45) is 0 Å². The van der Waals surface area contributed by atoms with Gasteiger partial charge in [0.15, 0.2) is 0 Å². The van der Waals surface area contributed by atoms with Crippen LogP contribution in [0.1, 0.15) is 0 Å². The minimum absolute atomic E-state index is 0. The highest BCUT2D eigenvalue weighted by Gasteiger charge is -0.0532. The summed E-state index contributed by atoms with van der Waals surface area (Å²) in [6.07, 6.45) is 0. The molecule has 0 saturated carbocycles. The number of rotatable bonds is 0. The van der Waals surface area contributed by atoms with Gasteiger partial charge in [-0.05, 0) is 0 Å². The number of halogens is 9. The van der Waals surface area contributed by atoms with E-state index in [1.165, 1.54) is 0 Å². The number of hydrogen-bond donors (Lipinski definition) is 0. The Morgan fingerprint density at radius 2 is 0.200 bits per heavy atom. The third-order valence-electron chi connectivity index (χ3n) is 0. The summed E-state index contributed by atoms with van der Waals surface area (Å²) in [6.45, 7) is 0. The van der Waals surface area contributed by atoms with Crippen molar-refractivity contribution in [1.82, 2.24) is 0 Å². The Bertz CT molecular complexity index is 4.69. The van der Waals surface area contributed by atoms with Crippen molar-refractivity contribution in [1.29, 1.82) is 0 Å². The molecule has 0 heterocycles. The fourth-order valence-electron chi connectivity index (χ4n) is 0. The van der Waals surface area contributed by atoms with E-state index < -0.39 is 0 Å². The van der Waals surface area contributed by atoms with Crippen LogP contribution >= 0.6 is 112 Å². The first-order valence-electron chi connectivity index (χ1n) is 0. The summed E-state index contributed by atoms with van der Waals surface area (Å²) in [5, 5.41) is 0. The van der Waals surface area contributed by atoms with Crippen LogP contribution in [0.25, 0.3) is 0 Å². The Labute approximate surface area is 118 Å². The predicted molar refractivity (Wildman–Crippen MR) is 70.6 cm³/mol. The lowest BCUT2D eigenvalue weighted by Gasteiger charge is -0.148. The van der Waals surface area contributed by atoms with E-state index in [9.17, 15) is 0 Å². The Morgan fingerprint density at radius 1 is 0.200 bits per heavy atom. The van der Waals surface area contributed by atoms with E-state index in [1.807, 2.05) is 0 Å². The zero-order chi connectivity index (χ0) is 0. The van der Waals surface area contributed by atoms with Gasteiger partial charge in [-0.25, -0.2) is 0 Å². The van der Waals surface area contributed by atoms with Crippen LogP contribution in [0.5, 0.6) is 0 Å². The monoisotopic (exact) mass is 338 g/mol. The SMILES string of the molecule is Cl.Cl.Cl.Cl.Cl.Cl.Cl.Cl.Cl.[CH2]. The van der Waals surface area contributed by atoms with Crippen LogP contribution in [0.2, 0.25) is 0 Å². The standard InChI is InChI=1S/CH2.9ClH/h1H2;9*1H. The maximum atomic E-state index is 0. The van der Waals surface area contributed by atoms with Crippen LogP contribution in [0, 0.1) is 7.43 Å². The summed E-state index contributed by atoms with van der Waals surface area (Å²) in [6, 6.07) is 0. The minimum Gasteiger partial charge on any atom is -0.147 e. The second kappa shape index (κ2) is 192. The first-order valence-corrected chi connectivity index (χ1v) is 0. The molecule has 0 N–H and O–H groups in total. The van der Waals surface area contributed by atoms with Gasteiger partial charge >= 0.3 is 0 Å². The summed E-state index contributed by atoms with van der Waals surface area (Å²) in [7, 11) is 0. The molecule has 0 rings (SSSR count). The van der Waals surface area contributed by atoms with Gasteiger partial charge in [-0.1, -0.05) is 7.43 Å². The summed E-state index contributed by atoms with van der Waals surface area (Å²) < 4.78 is 0. The summed E-state index contributed by atoms with van der Waals surface area (Å²) in [5.74, 6) is 0. The molecule has 0 saturated heterocycles. The summed E-state index contributed by atoms with van der Waals surface area (Å²) >= 11 is 0. The maximum absolute atomic E-state index is 0. The van der Waals surface area contributed by atoms with Crippen LogP contribution in [0.3, 0.4) is 0 Å². The molecule has 0 aromatic heterocycles. The maximum Gasteiger partial charge on any atom is -0.0533 e. The van der Waals surface area contributed by atoms with Gasteiger partial charge in [0.25, 0.3) is 0 Å². The van der Waals surface area contributed by atoms with Gasteiger partial charge in [0.2, 0.25) is 0 Å². The highest BCUT2D eigenvalue weighted by Crippen LogP contribution is 0.698. The molecular weight excluding hydrogens is 331 g/mol. The highest BCUT2D eigenvalue weighted by atomic mass is 35.5. The van der Waals surface area contributed by atoms with Gasteiger partial charge in [0.05, 0.1) is 0 Å². The highest BCUT2D eigenvalue weighted by molar-refractivity contribution is 5.86. The molecule has 0 aliphatic heterocycles. The van der Waals surface area contributed by atoms with Gasteiger partial charge in [-0.3, -0.25) is 0 Å². The molecule has 78 valence electrons. The van der Waals surface area contributed by atoms with E-state index >= 15 is 0 Å². The van der Waals surface area contributed by atoms with E-state index in [4.69, 9.17) is 0 Å². The zero-order valence-corrected chi connectivity index (χ0v) is 11.7. The molecule has 0 aliphatic carbocycles. The Kier molecular flexibility index (Phi) is 4790. The fourth-order valence-corrected chi connectivity index (χ4v) is 0. The molecule has 0 nitrogen and oxygen atoms in total. The van der Waals surface area contributed by atoms with Gasteiger partial charge in [0.1, 0.15) is 0 Å². The molecule has 0 bridgehead atoms. The lowest BCUT2D eigenvalue weighted by atomic mass is 12.0. The van der Waals surface area contributed by atoms with Crippen LogP contribution in [-0.2, 0) is 0 Å². The van der Waals surface area contributed by atoms with Crippen molar-refractivity contribution >= 4 is 112 Å². The molecule has 0 atom stereocenters. The first kappa shape index (κ1) is 250. The van der Waals surface area contributed by atoms with E-state index in [-0.39, 0.29) is 119 Å². The molecule has 0 aliphatic rings. The molecule has 0 unspecified atom stereocenters. The Balaban J connectivity index is 0. The van der Waals surface area contributed by atoms with Crippen molar-refractivity contribution in [2.45, 2.75) is 0 Å². The molecule has 9 heteroatoms. The van der Waals surface area contributed by atoms with Crippen molar-refractivity contribution in [2.75, 3.05) is 0 Å². The Morgan fingerprint density at radius 3 is 0.200 bits per heavy atom. The average molecular weight is 342 g/mol. The topological polar surface area (TPSA) is 0 Å². The Hall–Kier alpha value is 2.61. The summed E-state index contributed by atoms with van der Waals surface area (Å²) in [4.78, 5) is 0. The summed E-state index contributed by atoms with van der Waals surface area (Å²) in [5.41, 5.74) is 0. The lowest BCUT2D eigenvalue weighted by Crippen LogP contribution is 0.0813. The number of hydrogen-bond acceptors (Lipinski definition) is 0. The molecular formula is CH11Cl9. The quantitative estimate of drug-likeness (QED) is 0.621. The fraction of sp³-hybridized carbons (Fsp3) is 0. The zero-order valence-electron chi connectivity index (χ0n) is 4.38. The third kappa shape index (κ3) is 144. The van der Waals surface area contributed by atoms with Crippen molar-refractivity contribution in [3.63, 3.8) is 0 Å². The van der Waals surface area contributed by atoms with Crippen molar-refractivity contribution in [3.05, 3.63) is 7.43 Å². The van der Waals surface area contributed by atoms with Gasteiger partial charge in [-0.2, -0.15) is 0 Å². The smallest absolute Gasteiger partial charge is 0.0533 e. The van der Waals surface area contributed by atoms with Crippen molar-refractivity contribution < 1.29 is 0 Å². The molecule has 2 radical (unpaired) electrons. The van der Waals surface area contributed by atoms with Crippen LogP contribution in [0.4, 0.5) is 0 Å². The second-order valence-electron chi connectivity index (χ2n) is 0. The van der Waals surface area contributed by atoms with Crippen LogP contribution < -0.4 is 0 Å². The minimum atomic E-state index is 0. The second-order valence-corrected chi connectivity index (χ2v) is 0. The van der Waals surface area contributed by atoms with Crippen LogP contribution in [0.15, 0.2) is 0 Å². The largest absolute Gasteiger partial charge is 0.147 e. The van der Waals surface area contributed by atoms with Crippen molar-refractivity contribution in [3.8, 4) is 0 Å². The third-order valence-corrected chi connectivity index (χ3v) is 0. The molecule has 0 fully saturated rings. The average Bonchev–Trinajstić information content (AvgIpc) is 0. The molecule has 10 heavy (non-hydrogen) atoms.